The van der Waals surface area contributed by atoms with Gasteiger partial charge < -0.3 is 4.57 Å². The topological polar surface area (TPSA) is 88.7 Å². The van der Waals surface area contributed by atoms with E-state index in [1.54, 1.807) is 30.3 Å². The molecule has 3 aromatic carbocycles. The first-order valence-corrected chi connectivity index (χ1v) is 13.0. The Hall–Kier alpha value is -4.89. The number of anilines is 2. The zero-order valence-electron chi connectivity index (χ0n) is 22.4. The molecule has 40 heavy (non-hydrogen) atoms. The number of hydrogen-bond acceptors (Lipinski definition) is 5. The van der Waals surface area contributed by atoms with Gasteiger partial charge in [-0.25, -0.2) is 0 Å². The summed E-state index contributed by atoms with van der Waals surface area (Å²) in [6.07, 6.45) is 1.60. The molecule has 1 aliphatic heterocycles. The van der Waals surface area contributed by atoms with Crippen LogP contribution in [-0.2, 0) is 9.59 Å². The molecule has 0 N–H and O–H groups in total. The van der Waals surface area contributed by atoms with E-state index in [2.05, 4.69) is 0 Å². The Morgan fingerprint density at radius 3 is 1.95 bits per heavy atom. The van der Waals surface area contributed by atoms with Gasteiger partial charge in [-0.2, -0.15) is 0 Å². The van der Waals surface area contributed by atoms with E-state index in [9.17, 15) is 19.7 Å². The van der Waals surface area contributed by atoms with E-state index in [0.29, 0.717) is 16.9 Å². The molecule has 1 saturated heterocycles. The number of carbonyl (C=O) groups is 2. The Balaban J connectivity index is 1.64. The van der Waals surface area contributed by atoms with Gasteiger partial charge in [-0.15, -0.1) is 0 Å². The molecule has 1 aliphatic rings. The summed E-state index contributed by atoms with van der Waals surface area (Å²) in [5, 5.41) is 11.2. The van der Waals surface area contributed by atoms with Crippen LogP contribution in [0.3, 0.4) is 0 Å². The summed E-state index contributed by atoms with van der Waals surface area (Å²) < 4.78 is 1.93. The number of benzene rings is 3. The van der Waals surface area contributed by atoms with Crippen LogP contribution in [0.4, 0.5) is 17.1 Å². The van der Waals surface area contributed by atoms with Crippen molar-refractivity contribution in [3.8, 4) is 5.69 Å². The first kappa shape index (κ1) is 26.7. The van der Waals surface area contributed by atoms with Crippen LogP contribution in [0.15, 0.2) is 84.4 Å². The second-order valence-electron chi connectivity index (χ2n) is 9.66. The highest BCUT2D eigenvalue weighted by molar-refractivity contribution is 7.81. The molecule has 2 heterocycles. The summed E-state index contributed by atoms with van der Waals surface area (Å²) >= 11 is 5.73. The van der Waals surface area contributed by atoms with Crippen molar-refractivity contribution in [3.05, 3.63) is 123 Å². The summed E-state index contributed by atoms with van der Waals surface area (Å²) in [6.45, 7) is 7.72. The molecule has 0 atom stereocenters. The standard InChI is InChI=1S/C31H26N4O4S/c1-19-10-11-27(16-20(19)2)34-30(37)28(29(36)33(31(34)40)24-8-6-5-7-9-24)18-23-17-21(3)32(22(23)4)25-12-14-26(15-13-25)35(38)39/h5-18H,1-4H3/b28-18-. The van der Waals surface area contributed by atoms with Gasteiger partial charge in [0.25, 0.3) is 17.5 Å². The third-order valence-electron chi connectivity index (χ3n) is 7.10. The van der Waals surface area contributed by atoms with Crippen molar-refractivity contribution in [2.75, 3.05) is 9.80 Å². The zero-order chi connectivity index (χ0) is 28.7. The monoisotopic (exact) mass is 550 g/mol. The lowest BCUT2D eigenvalue weighted by atomic mass is 10.0. The number of amides is 2. The van der Waals surface area contributed by atoms with Crippen molar-refractivity contribution in [3.63, 3.8) is 0 Å². The van der Waals surface area contributed by atoms with Crippen LogP contribution in [-0.4, -0.2) is 26.4 Å². The highest BCUT2D eigenvalue weighted by Gasteiger charge is 2.41. The maximum atomic E-state index is 14.0. The minimum atomic E-state index is -0.513. The quantitative estimate of drug-likeness (QED) is 0.0948. The number of nitro groups is 1. The second kappa shape index (κ2) is 10.3. The first-order chi connectivity index (χ1) is 19.1. The molecule has 4 aromatic rings. The fourth-order valence-electron chi connectivity index (χ4n) is 4.84. The van der Waals surface area contributed by atoms with E-state index in [4.69, 9.17) is 12.2 Å². The molecule has 0 radical (unpaired) electrons. The minimum absolute atomic E-state index is 0.00430. The zero-order valence-corrected chi connectivity index (χ0v) is 23.2. The van der Waals surface area contributed by atoms with Crippen LogP contribution in [0, 0.1) is 37.8 Å². The summed E-state index contributed by atoms with van der Waals surface area (Å²) in [6, 6.07) is 22.7. The Kier molecular flexibility index (Phi) is 6.91. The number of aryl methyl sites for hydroxylation is 3. The summed E-state index contributed by atoms with van der Waals surface area (Å²) in [5.41, 5.74) is 6.19. The Morgan fingerprint density at radius 2 is 1.35 bits per heavy atom. The van der Waals surface area contributed by atoms with Crippen LogP contribution in [0.25, 0.3) is 11.8 Å². The van der Waals surface area contributed by atoms with Crippen molar-refractivity contribution >= 4 is 52.3 Å². The molecule has 0 saturated carbocycles. The number of non-ortho nitro benzene ring substituents is 1. The third kappa shape index (κ3) is 4.60. The average Bonchev–Trinajstić information content (AvgIpc) is 3.21. The number of nitro benzene ring substituents is 1. The Morgan fingerprint density at radius 1 is 0.750 bits per heavy atom. The number of carbonyl (C=O) groups excluding carboxylic acids is 2. The number of nitrogens with zero attached hydrogens (tertiary/aromatic N) is 4. The van der Waals surface area contributed by atoms with Gasteiger partial charge in [0.15, 0.2) is 5.11 Å². The third-order valence-corrected chi connectivity index (χ3v) is 7.47. The largest absolute Gasteiger partial charge is 0.318 e. The van der Waals surface area contributed by atoms with Gasteiger partial charge in [0.1, 0.15) is 5.57 Å². The Labute approximate surface area is 236 Å². The van der Waals surface area contributed by atoms with Crippen LogP contribution in [0.5, 0.6) is 0 Å². The molecular weight excluding hydrogens is 524 g/mol. The van der Waals surface area contributed by atoms with E-state index in [1.807, 2.05) is 74.7 Å². The molecule has 9 heteroatoms. The highest BCUT2D eigenvalue weighted by atomic mass is 32.1. The number of rotatable bonds is 5. The molecule has 0 aliphatic carbocycles. The molecule has 0 spiro atoms. The van der Waals surface area contributed by atoms with Gasteiger partial charge in [-0.1, -0.05) is 24.3 Å². The normalized spacial score (nSPS) is 14.8. The van der Waals surface area contributed by atoms with E-state index >= 15 is 0 Å². The summed E-state index contributed by atoms with van der Waals surface area (Å²) in [5.74, 6) is -1.02. The fraction of sp³-hybridized carbons (Fsp3) is 0.129. The maximum Gasteiger partial charge on any atom is 0.270 e. The Bertz CT molecular complexity index is 1720. The number of para-hydroxylation sites is 1. The smallest absolute Gasteiger partial charge is 0.270 e. The average molecular weight is 551 g/mol. The van der Waals surface area contributed by atoms with Gasteiger partial charge in [-0.05, 0) is 105 Å². The molecular formula is C31H26N4O4S. The molecule has 5 rings (SSSR count). The molecule has 0 bridgehead atoms. The maximum absolute atomic E-state index is 14.0. The lowest BCUT2D eigenvalue weighted by Crippen LogP contribution is -2.57. The molecule has 200 valence electrons. The predicted octanol–water partition coefficient (Wildman–Crippen LogP) is 6.37. The number of hydrogen-bond donors (Lipinski definition) is 0. The number of aromatic nitrogens is 1. The van der Waals surface area contributed by atoms with E-state index in [1.165, 1.54) is 21.9 Å². The van der Waals surface area contributed by atoms with Crippen LogP contribution >= 0.6 is 12.2 Å². The van der Waals surface area contributed by atoms with Gasteiger partial charge in [0, 0.05) is 29.2 Å². The van der Waals surface area contributed by atoms with E-state index in [0.717, 1.165) is 28.2 Å². The molecule has 8 nitrogen and oxygen atoms in total. The van der Waals surface area contributed by atoms with Gasteiger partial charge in [0.05, 0.1) is 16.3 Å². The highest BCUT2D eigenvalue weighted by Crippen LogP contribution is 2.32. The molecule has 1 fully saturated rings. The van der Waals surface area contributed by atoms with Crippen LogP contribution in [0.2, 0.25) is 0 Å². The number of thiocarbonyl (C=S) groups is 1. The summed E-state index contributed by atoms with van der Waals surface area (Å²) in [7, 11) is 0. The predicted molar refractivity (Wildman–Crippen MR) is 160 cm³/mol. The second-order valence-corrected chi connectivity index (χ2v) is 10.0. The van der Waals surface area contributed by atoms with Crippen molar-refractivity contribution < 1.29 is 14.5 Å². The van der Waals surface area contributed by atoms with Crippen molar-refractivity contribution in [1.82, 2.24) is 4.57 Å². The van der Waals surface area contributed by atoms with Crippen molar-refractivity contribution in [2.24, 2.45) is 0 Å². The molecule has 2 amide bonds. The first-order valence-electron chi connectivity index (χ1n) is 12.6. The molecule has 0 unspecified atom stereocenters. The van der Waals surface area contributed by atoms with Gasteiger partial charge in [0.2, 0.25) is 0 Å². The minimum Gasteiger partial charge on any atom is -0.318 e. The van der Waals surface area contributed by atoms with Crippen molar-refractivity contribution in [1.29, 1.82) is 0 Å². The van der Waals surface area contributed by atoms with Crippen LogP contribution < -0.4 is 9.80 Å². The SMILES string of the molecule is Cc1ccc(N2C(=O)/C(=C\c3cc(C)n(-c4ccc([N+](=O)[O-])cc4)c3C)C(=O)N(c3ccccc3)C2=S)cc1C. The van der Waals surface area contributed by atoms with Gasteiger partial charge in [-0.3, -0.25) is 29.5 Å². The van der Waals surface area contributed by atoms with E-state index in [-0.39, 0.29) is 16.4 Å². The lowest BCUT2D eigenvalue weighted by Gasteiger charge is -2.36. The molecule has 1 aromatic heterocycles. The lowest BCUT2D eigenvalue weighted by molar-refractivity contribution is -0.384. The van der Waals surface area contributed by atoms with Gasteiger partial charge >= 0.3 is 0 Å². The fourth-order valence-corrected chi connectivity index (χ4v) is 5.21. The van der Waals surface area contributed by atoms with Crippen LogP contribution in [0.1, 0.15) is 28.1 Å². The van der Waals surface area contributed by atoms with E-state index < -0.39 is 16.7 Å². The van der Waals surface area contributed by atoms with Crippen molar-refractivity contribution in [2.45, 2.75) is 27.7 Å². The summed E-state index contributed by atoms with van der Waals surface area (Å²) in [4.78, 5) is 41.3.